The average Bonchev–Trinajstić information content (AvgIpc) is 3.34. The fourth-order valence-electron chi connectivity index (χ4n) is 7.82. The molecule has 0 aliphatic carbocycles. The number of hydrogen-bond acceptors (Lipinski definition) is 6. The van der Waals surface area contributed by atoms with Gasteiger partial charge in [-0.3, -0.25) is 14.4 Å². The molecule has 6 nitrogen and oxygen atoms in total. The van der Waals surface area contributed by atoms with Crippen LogP contribution in [0.15, 0.2) is 85.1 Å². The summed E-state index contributed by atoms with van der Waals surface area (Å²) in [5, 5.41) is 0. The Kier molecular flexibility index (Phi) is 53.4. The van der Waals surface area contributed by atoms with Crippen molar-refractivity contribution in [2.45, 2.75) is 277 Å². The van der Waals surface area contributed by atoms with Crippen LogP contribution in [0.2, 0.25) is 0 Å². The van der Waals surface area contributed by atoms with E-state index in [0.29, 0.717) is 19.3 Å². The second kappa shape index (κ2) is 56.2. The Morgan fingerprint density at radius 1 is 0.309 bits per heavy atom. The molecule has 390 valence electrons. The first-order valence-electron chi connectivity index (χ1n) is 28.6. The van der Waals surface area contributed by atoms with Crippen LogP contribution in [0.1, 0.15) is 271 Å². The van der Waals surface area contributed by atoms with Gasteiger partial charge in [0, 0.05) is 19.3 Å². The third kappa shape index (κ3) is 53.5. The lowest BCUT2D eigenvalue weighted by Crippen LogP contribution is -2.30. The van der Waals surface area contributed by atoms with Gasteiger partial charge in [0.1, 0.15) is 13.2 Å². The lowest BCUT2D eigenvalue weighted by Gasteiger charge is -2.18. The van der Waals surface area contributed by atoms with E-state index in [9.17, 15) is 14.4 Å². The first-order valence-corrected chi connectivity index (χ1v) is 28.6. The highest BCUT2D eigenvalue weighted by Gasteiger charge is 2.19. The molecule has 1 unspecified atom stereocenters. The lowest BCUT2D eigenvalue weighted by atomic mass is 10.0. The van der Waals surface area contributed by atoms with Crippen LogP contribution >= 0.6 is 0 Å². The maximum atomic E-state index is 12.8. The number of carbonyl (C=O) groups excluding carboxylic acids is 3. The van der Waals surface area contributed by atoms with Crippen molar-refractivity contribution in [3.05, 3.63) is 85.1 Å². The minimum absolute atomic E-state index is 0.0852. The van der Waals surface area contributed by atoms with E-state index in [2.05, 4.69) is 106 Å². The highest BCUT2D eigenvalue weighted by Crippen LogP contribution is 2.15. The van der Waals surface area contributed by atoms with Crippen molar-refractivity contribution >= 4 is 17.9 Å². The van der Waals surface area contributed by atoms with Crippen LogP contribution in [0.3, 0.4) is 0 Å². The Hall–Kier alpha value is -3.41. The van der Waals surface area contributed by atoms with Gasteiger partial charge in [0.2, 0.25) is 0 Å². The number of allylic oxidation sites excluding steroid dienone is 14. The van der Waals surface area contributed by atoms with Gasteiger partial charge in [0.15, 0.2) is 6.10 Å². The van der Waals surface area contributed by atoms with Crippen LogP contribution in [0.5, 0.6) is 0 Å². The largest absolute Gasteiger partial charge is 0.462 e. The molecule has 0 saturated carbocycles. The molecule has 0 aliphatic rings. The summed E-state index contributed by atoms with van der Waals surface area (Å²) in [7, 11) is 0. The normalized spacial score (nSPS) is 12.7. The number of esters is 3. The topological polar surface area (TPSA) is 78.9 Å². The van der Waals surface area contributed by atoms with E-state index in [4.69, 9.17) is 14.2 Å². The van der Waals surface area contributed by atoms with Gasteiger partial charge in [0.05, 0.1) is 0 Å². The predicted octanol–water partition coefficient (Wildman–Crippen LogP) is 19.2. The van der Waals surface area contributed by atoms with Crippen molar-refractivity contribution < 1.29 is 28.6 Å². The summed E-state index contributed by atoms with van der Waals surface area (Å²) in [6.45, 7) is 6.43. The average molecular weight is 948 g/mol. The minimum Gasteiger partial charge on any atom is -0.462 e. The van der Waals surface area contributed by atoms with Crippen LogP contribution in [0.25, 0.3) is 0 Å². The number of hydrogen-bond donors (Lipinski definition) is 0. The molecular weight excluding hydrogens is 841 g/mol. The number of rotatable bonds is 51. The molecule has 0 amide bonds. The fourth-order valence-corrected chi connectivity index (χ4v) is 7.82. The molecule has 0 bridgehead atoms. The second-order valence-corrected chi connectivity index (χ2v) is 18.8. The number of ether oxygens (including phenoxy) is 3. The highest BCUT2D eigenvalue weighted by molar-refractivity contribution is 5.71. The zero-order valence-corrected chi connectivity index (χ0v) is 44.6. The summed E-state index contributed by atoms with van der Waals surface area (Å²) >= 11 is 0. The number of carbonyl (C=O) groups is 3. The third-order valence-corrected chi connectivity index (χ3v) is 12.1. The van der Waals surface area contributed by atoms with Gasteiger partial charge in [-0.15, -0.1) is 0 Å². The summed E-state index contributed by atoms with van der Waals surface area (Å²) in [4.78, 5) is 38.1. The van der Waals surface area contributed by atoms with Crippen molar-refractivity contribution in [3.8, 4) is 0 Å². The zero-order chi connectivity index (χ0) is 49.3. The Balaban J connectivity index is 4.27. The molecule has 0 heterocycles. The number of unbranched alkanes of at least 4 members (excludes halogenated alkanes) is 26. The van der Waals surface area contributed by atoms with Gasteiger partial charge < -0.3 is 14.2 Å². The zero-order valence-electron chi connectivity index (χ0n) is 44.6. The summed E-state index contributed by atoms with van der Waals surface area (Å²) in [6, 6.07) is 0. The molecule has 0 radical (unpaired) electrons. The van der Waals surface area contributed by atoms with Crippen LogP contribution in [0.4, 0.5) is 0 Å². The molecule has 68 heavy (non-hydrogen) atoms. The summed E-state index contributed by atoms with van der Waals surface area (Å²) in [6.07, 6.45) is 72.9. The fraction of sp³-hybridized carbons (Fsp3) is 0.726. The lowest BCUT2D eigenvalue weighted by molar-refractivity contribution is -0.167. The Labute approximate surface area is 420 Å². The third-order valence-electron chi connectivity index (χ3n) is 12.1. The van der Waals surface area contributed by atoms with Crippen LogP contribution in [-0.4, -0.2) is 37.2 Å². The smallest absolute Gasteiger partial charge is 0.306 e. The maximum absolute atomic E-state index is 12.8. The molecular formula is C62H106O6. The molecule has 0 N–H and O–H groups in total. The van der Waals surface area contributed by atoms with E-state index in [0.717, 1.165) is 122 Å². The van der Waals surface area contributed by atoms with Gasteiger partial charge in [-0.25, -0.2) is 0 Å². The van der Waals surface area contributed by atoms with Gasteiger partial charge in [-0.2, -0.15) is 0 Å². The molecule has 0 aliphatic heterocycles. The van der Waals surface area contributed by atoms with Gasteiger partial charge in [-0.05, 0) is 109 Å². The van der Waals surface area contributed by atoms with E-state index in [-0.39, 0.29) is 31.1 Å². The van der Waals surface area contributed by atoms with E-state index in [1.807, 2.05) is 0 Å². The molecule has 0 spiro atoms. The first kappa shape index (κ1) is 64.6. The van der Waals surface area contributed by atoms with Gasteiger partial charge >= 0.3 is 17.9 Å². The molecule has 1 atom stereocenters. The highest BCUT2D eigenvalue weighted by atomic mass is 16.6. The summed E-state index contributed by atoms with van der Waals surface area (Å²) in [5.41, 5.74) is 0. The predicted molar refractivity (Wildman–Crippen MR) is 293 cm³/mol. The molecule has 0 saturated heterocycles. The summed E-state index contributed by atoms with van der Waals surface area (Å²) < 4.78 is 16.8. The standard InChI is InChI=1S/C62H106O6/c1-4-7-10-13-16-19-22-25-26-27-28-29-30-31-32-33-34-35-36-38-40-43-46-49-52-55-61(64)67-58-59(57-66-60(63)54-51-48-45-42-39-24-21-18-15-12-9-6-3)68-62(65)56-53-50-47-44-41-37-23-20-17-14-11-8-5-2/h7,10-11,14,16,18-21,23,25-26,28-29,59H,4-6,8-9,12-13,15,17,22,24,27,30-58H2,1-3H3/b10-7-,14-11-,19-16-,21-18-,23-20-,26-25-,29-28-. The van der Waals surface area contributed by atoms with E-state index in [1.54, 1.807) is 0 Å². The SMILES string of the molecule is CC/C=C\C/C=C\C/C=C\C/C=C\CCCCCCCCCCCCCCC(=O)OCC(COC(=O)CCCCCCC/C=C\CCCCC)OC(=O)CCCCCCC/C=C\C/C=C\CCC. The van der Waals surface area contributed by atoms with Crippen molar-refractivity contribution in [2.75, 3.05) is 13.2 Å². The minimum atomic E-state index is -0.787. The second-order valence-electron chi connectivity index (χ2n) is 18.8. The molecule has 0 aromatic heterocycles. The van der Waals surface area contributed by atoms with Crippen molar-refractivity contribution in [2.24, 2.45) is 0 Å². The molecule has 0 aromatic carbocycles. The van der Waals surface area contributed by atoms with Crippen molar-refractivity contribution in [3.63, 3.8) is 0 Å². The van der Waals surface area contributed by atoms with Crippen molar-refractivity contribution in [1.82, 2.24) is 0 Å². The van der Waals surface area contributed by atoms with E-state index in [1.165, 1.54) is 109 Å². The molecule has 0 fully saturated rings. The first-order chi connectivity index (χ1) is 33.5. The molecule has 0 aromatic rings. The quantitative estimate of drug-likeness (QED) is 0.0262. The van der Waals surface area contributed by atoms with Crippen molar-refractivity contribution in [1.29, 1.82) is 0 Å². The van der Waals surface area contributed by atoms with Gasteiger partial charge in [0.25, 0.3) is 0 Å². The molecule has 0 rings (SSSR count). The Morgan fingerprint density at radius 3 is 0.971 bits per heavy atom. The molecule has 6 heteroatoms. The van der Waals surface area contributed by atoms with E-state index >= 15 is 0 Å². The Bertz CT molecular complexity index is 1320. The monoisotopic (exact) mass is 947 g/mol. The van der Waals surface area contributed by atoms with Gasteiger partial charge in [-0.1, -0.05) is 228 Å². The Morgan fingerprint density at radius 2 is 0.603 bits per heavy atom. The van der Waals surface area contributed by atoms with Crippen LogP contribution in [-0.2, 0) is 28.6 Å². The maximum Gasteiger partial charge on any atom is 0.306 e. The summed E-state index contributed by atoms with van der Waals surface area (Å²) in [5.74, 6) is -0.907. The van der Waals surface area contributed by atoms with Crippen LogP contribution < -0.4 is 0 Å². The van der Waals surface area contributed by atoms with E-state index < -0.39 is 6.10 Å². The van der Waals surface area contributed by atoms with Crippen LogP contribution in [0, 0.1) is 0 Å².